The van der Waals surface area contributed by atoms with Gasteiger partial charge in [0.25, 0.3) is 5.56 Å². The molecule has 0 atom stereocenters. The number of nitrogens with zero attached hydrogens (tertiary/aromatic N) is 3. The van der Waals surface area contributed by atoms with Crippen molar-refractivity contribution in [3.05, 3.63) is 67.4 Å². The highest BCUT2D eigenvalue weighted by molar-refractivity contribution is 9.10. The number of halogens is 1. The van der Waals surface area contributed by atoms with Crippen LogP contribution in [0.4, 0.5) is 0 Å². The van der Waals surface area contributed by atoms with E-state index in [1.807, 2.05) is 48.5 Å². The second kappa shape index (κ2) is 10.3. The number of benzene rings is 2. The Morgan fingerprint density at radius 3 is 2.62 bits per heavy atom. The van der Waals surface area contributed by atoms with Crippen LogP contribution in [0, 0.1) is 0 Å². The maximum absolute atomic E-state index is 12.9. The van der Waals surface area contributed by atoms with E-state index in [0.717, 1.165) is 28.4 Å². The molecule has 0 bridgehead atoms. The molecule has 8 heteroatoms. The van der Waals surface area contributed by atoms with Gasteiger partial charge >= 0.3 is 0 Å². The summed E-state index contributed by atoms with van der Waals surface area (Å²) in [7, 11) is 1.62. The molecule has 2 heterocycles. The fourth-order valence-electron chi connectivity index (χ4n) is 3.31. The first-order chi connectivity index (χ1) is 15.6. The molecule has 0 fully saturated rings. The van der Waals surface area contributed by atoms with Gasteiger partial charge in [-0.2, -0.15) is 9.50 Å². The summed E-state index contributed by atoms with van der Waals surface area (Å²) in [6.07, 6.45) is 6.43. The molecule has 32 heavy (non-hydrogen) atoms. The largest absolute Gasteiger partial charge is 0.493 e. The molecule has 6 nitrogen and oxygen atoms in total. The third kappa shape index (κ3) is 5.02. The summed E-state index contributed by atoms with van der Waals surface area (Å²) < 4.78 is 14.3. The number of rotatable bonds is 9. The van der Waals surface area contributed by atoms with Gasteiger partial charge in [-0.25, -0.2) is 0 Å². The molecule has 2 aromatic heterocycles. The lowest BCUT2D eigenvalue weighted by molar-refractivity contribution is 0.285. The third-order valence-corrected chi connectivity index (χ3v) is 6.51. The van der Waals surface area contributed by atoms with E-state index in [2.05, 4.69) is 32.9 Å². The van der Waals surface area contributed by atoms with Gasteiger partial charge in [0.15, 0.2) is 17.3 Å². The van der Waals surface area contributed by atoms with E-state index < -0.39 is 0 Å². The van der Waals surface area contributed by atoms with Crippen LogP contribution in [0.3, 0.4) is 0 Å². The first-order valence-electron chi connectivity index (χ1n) is 10.6. The van der Waals surface area contributed by atoms with Crippen molar-refractivity contribution in [2.45, 2.75) is 32.6 Å². The lowest BCUT2D eigenvalue weighted by Crippen LogP contribution is -2.23. The van der Waals surface area contributed by atoms with Crippen molar-refractivity contribution in [3.8, 4) is 22.9 Å². The van der Waals surface area contributed by atoms with E-state index >= 15 is 0 Å². The molecule has 0 unspecified atom stereocenters. The smallest absolute Gasteiger partial charge is 0.291 e. The number of thiazole rings is 1. The molecule has 0 aliphatic carbocycles. The first-order valence-corrected chi connectivity index (χ1v) is 12.2. The maximum atomic E-state index is 12.9. The van der Waals surface area contributed by atoms with E-state index in [9.17, 15) is 4.79 Å². The van der Waals surface area contributed by atoms with Gasteiger partial charge in [0.05, 0.1) is 18.2 Å². The first kappa shape index (κ1) is 22.5. The van der Waals surface area contributed by atoms with Crippen molar-refractivity contribution in [1.82, 2.24) is 14.6 Å². The van der Waals surface area contributed by atoms with Crippen LogP contribution in [0.15, 0.2) is 51.7 Å². The summed E-state index contributed by atoms with van der Waals surface area (Å²) in [5, 5.41) is 4.40. The van der Waals surface area contributed by atoms with Crippen molar-refractivity contribution < 1.29 is 9.47 Å². The lowest BCUT2D eigenvalue weighted by Gasteiger charge is -2.11. The average molecular weight is 514 g/mol. The summed E-state index contributed by atoms with van der Waals surface area (Å²) in [6, 6.07) is 13.4. The van der Waals surface area contributed by atoms with Crippen molar-refractivity contribution in [2.24, 2.45) is 0 Å². The van der Waals surface area contributed by atoms with E-state index in [0.29, 0.717) is 33.4 Å². The van der Waals surface area contributed by atoms with Crippen LogP contribution in [0.1, 0.15) is 38.2 Å². The van der Waals surface area contributed by atoms with Crippen LogP contribution in [-0.4, -0.2) is 28.3 Å². The second-order valence-corrected chi connectivity index (χ2v) is 9.30. The molecule has 166 valence electrons. The number of fused-ring (bicyclic) bond motifs is 1. The van der Waals surface area contributed by atoms with Gasteiger partial charge in [0.2, 0.25) is 4.96 Å². The topological polar surface area (TPSA) is 65.7 Å². The second-order valence-electron chi connectivity index (χ2n) is 7.37. The summed E-state index contributed by atoms with van der Waals surface area (Å²) in [5.41, 5.74) is 1.54. The van der Waals surface area contributed by atoms with Crippen molar-refractivity contribution in [1.29, 1.82) is 0 Å². The zero-order valence-electron chi connectivity index (χ0n) is 18.0. The zero-order chi connectivity index (χ0) is 22.5. The molecule has 0 amide bonds. The summed E-state index contributed by atoms with van der Waals surface area (Å²) in [5.74, 6) is 1.90. The van der Waals surface area contributed by atoms with Crippen molar-refractivity contribution in [3.63, 3.8) is 0 Å². The number of methoxy groups -OCH3 is 1. The number of aromatic nitrogens is 3. The van der Waals surface area contributed by atoms with Gasteiger partial charge in [0, 0.05) is 10.0 Å². The molecule has 0 N–H and O–H groups in total. The Morgan fingerprint density at radius 1 is 1.09 bits per heavy atom. The van der Waals surface area contributed by atoms with Gasteiger partial charge in [-0.3, -0.25) is 4.79 Å². The molecule has 4 rings (SSSR count). The van der Waals surface area contributed by atoms with Crippen LogP contribution in [-0.2, 0) is 0 Å². The van der Waals surface area contributed by atoms with Gasteiger partial charge in [-0.15, -0.1) is 5.10 Å². The summed E-state index contributed by atoms with van der Waals surface area (Å²) in [4.78, 5) is 18.0. The fourth-order valence-corrected chi connectivity index (χ4v) is 4.48. The molecule has 0 aliphatic rings. The zero-order valence-corrected chi connectivity index (χ0v) is 20.4. The predicted molar refractivity (Wildman–Crippen MR) is 132 cm³/mol. The van der Waals surface area contributed by atoms with E-state index in [-0.39, 0.29) is 5.56 Å². The summed E-state index contributed by atoms with van der Waals surface area (Å²) >= 11 is 4.74. The standard InChI is InChI=1S/C24H24BrN3O3S/c1-3-4-5-6-13-31-19-12-7-16(14-20(19)30-2)15-21-23(29)28-24(32-21)26-22(27-28)17-8-10-18(25)11-9-17/h7-12,14-15H,3-6,13H2,1-2H3/b21-15+. The quantitative estimate of drug-likeness (QED) is 0.291. The Morgan fingerprint density at radius 2 is 1.91 bits per heavy atom. The molecule has 0 spiro atoms. The summed E-state index contributed by atoms with van der Waals surface area (Å²) in [6.45, 7) is 2.85. The highest BCUT2D eigenvalue weighted by Crippen LogP contribution is 2.28. The Bertz CT molecular complexity index is 1320. The highest BCUT2D eigenvalue weighted by atomic mass is 79.9. The SMILES string of the molecule is CCCCCCOc1ccc(/C=c2/sc3nc(-c4ccc(Br)cc4)nn3c2=O)cc1OC. The van der Waals surface area contributed by atoms with Gasteiger partial charge in [-0.1, -0.05) is 71.7 Å². The number of hydrogen-bond acceptors (Lipinski definition) is 6. The highest BCUT2D eigenvalue weighted by Gasteiger charge is 2.12. The minimum absolute atomic E-state index is 0.184. The average Bonchev–Trinajstić information content (AvgIpc) is 3.34. The van der Waals surface area contributed by atoms with Gasteiger partial charge in [0.1, 0.15) is 0 Å². The third-order valence-electron chi connectivity index (χ3n) is 5.03. The molecule has 0 saturated heterocycles. The molecule has 2 aromatic carbocycles. The number of ether oxygens (including phenoxy) is 2. The number of unbranched alkanes of at least 4 members (excludes halogenated alkanes) is 3. The minimum atomic E-state index is -0.184. The monoisotopic (exact) mass is 513 g/mol. The van der Waals surface area contributed by atoms with Crippen molar-refractivity contribution in [2.75, 3.05) is 13.7 Å². The maximum Gasteiger partial charge on any atom is 0.291 e. The Labute approximate surface area is 198 Å². The van der Waals surface area contributed by atoms with Crippen molar-refractivity contribution >= 4 is 38.3 Å². The predicted octanol–water partition coefficient (Wildman–Crippen LogP) is 5.10. The Balaban J connectivity index is 1.57. The van der Waals surface area contributed by atoms with Crippen LogP contribution in [0.25, 0.3) is 22.4 Å². The molecular weight excluding hydrogens is 490 g/mol. The Hall–Kier alpha value is -2.71. The van der Waals surface area contributed by atoms with Crippen LogP contribution in [0.2, 0.25) is 0 Å². The molecule has 4 aromatic rings. The molecule has 0 saturated carbocycles. The van der Waals surface area contributed by atoms with E-state index in [1.165, 1.54) is 28.7 Å². The molecule has 0 radical (unpaired) electrons. The van der Waals surface area contributed by atoms with E-state index in [1.54, 1.807) is 7.11 Å². The lowest BCUT2D eigenvalue weighted by atomic mass is 10.2. The Kier molecular flexibility index (Phi) is 7.22. The number of hydrogen-bond donors (Lipinski definition) is 0. The fraction of sp³-hybridized carbons (Fsp3) is 0.292. The molecular formula is C24H24BrN3O3S. The van der Waals surface area contributed by atoms with Gasteiger partial charge in [-0.05, 0) is 42.3 Å². The van der Waals surface area contributed by atoms with Crippen LogP contribution >= 0.6 is 27.3 Å². The van der Waals surface area contributed by atoms with Crippen LogP contribution in [0.5, 0.6) is 11.5 Å². The minimum Gasteiger partial charge on any atom is -0.493 e. The van der Waals surface area contributed by atoms with E-state index in [4.69, 9.17) is 9.47 Å². The normalized spacial score (nSPS) is 11.9. The van der Waals surface area contributed by atoms with Crippen LogP contribution < -0.4 is 19.6 Å². The van der Waals surface area contributed by atoms with Gasteiger partial charge < -0.3 is 9.47 Å². The molecule has 0 aliphatic heterocycles.